The van der Waals surface area contributed by atoms with Crippen LogP contribution in [0.25, 0.3) is 0 Å². The van der Waals surface area contributed by atoms with E-state index in [4.69, 9.17) is 0 Å². The molecule has 23 heavy (non-hydrogen) atoms. The van der Waals surface area contributed by atoms with Gasteiger partial charge in [0.25, 0.3) is 0 Å². The highest BCUT2D eigenvalue weighted by Crippen LogP contribution is 2.67. The number of hydrogen-bond acceptors (Lipinski definition) is 2. The SMILES string of the molecule is CC(=O)[C@H]1CC[C@H]2[C@@H]3CC[C@@H]4C[C@H](O)CC[C@@]4(C)[C@@H]3CC[C@]12C. The minimum absolute atomic E-state index is 0.0490. The third-order valence-electron chi connectivity index (χ3n) is 9.13. The second-order valence-electron chi connectivity index (χ2n) is 9.87. The number of Topliss-reactive ketones (excluding diaryl/α,β-unsaturated/α-hetero) is 1. The zero-order chi connectivity index (χ0) is 16.4. The molecule has 0 radical (unpaired) electrons. The Morgan fingerprint density at radius 2 is 1.61 bits per heavy atom. The van der Waals surface area contributed by atoms with Crippen molar-refractivity contribution in [2.45, 2.75) is 84.7 Å². The van der Waals surface area contributed by atoms with E-state index in [9.17, 15) is 9.90 Å². The van der Waals surface area contributed by atoms with Gasteiger partial charge in [-0.25, -0.2) is 0 Å². The van der Waals surface area contributed by atoms with E-state index in [-0.39, 0.29) is 11.5 Å². The third-order valence-corrected chi connectivity index (χ3v) is 9.13. The molecule has 4 aliphatic rings. The third kappa shape index (κ3) is 2.19. The number of ketones is 1. The highest BCUT2D eigenvalue weighted by Gasteiger charge is 2.60. The lowest BCUT2D eigenvalue weighted by Crippen LogP contribution is -2.54. The quantitative estimate of drug-likeness (QED) is 0.767. The van der Waals surface area contributed by atoms with Gasteiger partial charge in [-0.2, -0.15) is 0 Å². The summed E-state index contributed by atoms with van der Waals surface area (Å²) in [5.74, 6) is 3.97. The van der Waals surface area contributed by atoms with Gasteiger partial charge in [0.1, 0.15) is 5.78 Å². The van der Waals surface area contributed by atoms with Gasteiger partial charge in [0.05, 0.1) is 6.10 Å². The molecule has 0 amide bonds. The molecule has 0 heterocycles. The van der Waals surface area contributed by atoms with E-state index in [0.29, 0.717) is 17.1 Å². The lowest BCUT2D eigenvalue weighted by molar-refractivity contribution is -0.138. The monoisotopic (exact) mass is 318 g/mol. The van der Waals surface area contributed by atoms with Gasteiger partial charge in [-0.3, -0.25) is 4.79 Å². The molecule has 0 aliphatic heterocycles. The van der Waals surface area contributed by atoms with E-state index in [1.165, 1.54) is 38.5 Å². The fourth-order valence-corrected chi connectivity index (χ4v) is 7.90. The summed E-state index contributed by atoms with van der Waals surface area (Å²) in [7, 11) is 0. The van der Waals surface area contributed by atoms with Crippen LogP contribution in [-0.2, 0) is 4.79 Å². The normalized spacial score (nSPS) is 55.7. The number of aliphatic hydroxyl groups is 1. The standard InChI is InChI=1S/C21H34O2/c1-13(22)17-6-7-18-16-5-4-14-12-15(23)8-10-20(14,2)19(16)9-11-21(17,18)3/h14-19,23H,4-12H2,1-3H3/t14-,15-,16+,17-,18+,19-,20-,21-/m1/s1. The van der Waals surface area contributed by atoms with Crippen molar-refractivity contribution >= 4 is 5.78 Å². The lowest BCUT2D eigenvalue weighted by Gasteiger charge is -2.60. The maximum absolute atomic E-state index is 12.2. The molecule has 0 bridgehead atoms. The Hall–Kier alpha value is -0.370. The molecule has 0 aromatic heterocycles. The van der Waals surface area contributed by atoms with Crippen molar-refractivity contribution in [2.24, 2.45) is 40.4 Å². The van der Waals surface area contributed by atoms with E-state index in [1.54, 1.807) is 0 Å². The smallest absolute Gasteiger partial charge is 0.133 e. The Morgan fingerprint density at radius 3 is 2.35 bits per heavy atom. The highest BCUT2D eigenvalue weighted by molar-refractivity contribution is 5.79. The van der Waals surface area contributed by atoms with Gasteiger partial charge in [0.15, 0.2) is 0 Å². The van der Waals surface area contributed by atoms with Crippen LogP contribution in [0.4, 0.5) is 0 Å². The number of hydrogen-bond donors (Lipinski definition) is 1. The molecule has 0 saturated heterocycles. The van der Waals surface area contributed by atoms with Crippen LogP contribution in [0.2, 0.25) is 0 Å². The first-order valence-electron chi connectivity index (χ1n) is 10.0. The number of rotatable bonds is 1. The van der Waals surface area contributed by atoms with Crippen molar-refractivity contribution in [1.29, 1.82) is 0 Å². The molecule has 4 aliphatic carbocycles. The summed E-state index contributed by atoms with van der Waals surface area (Å²) in [6.07, 6.45) is 10.9. The molecule has 0 aromatic rings. The first-order chi connectivity index (χ1) is 10.9. The molecular weight excluding hydrogens is 284 g/mol. The summed E-state index contributed by atoms with van der Waals surface area (Å²) in [6.45, 7) is 6.80. The Morgan fingerprint density at radius 1 is 0.913 bits per heavy atom. The van der Waals surface area contributed by atoms with Crippen molar-refractivity contribution in [3.63, 3.8) is 0 Å². The first kappa shape index (κ1) is 16.1. The summed E-state index contributed by atoms with van der Waals surface area (Å²) in [5.41, 5.74) is 0.738. The fourth-order valence-electron chi connectivity index (χ4n) is 7.90. The summed E-state index contributed by atoms with van der Waals surface area (Å²) in [4.78, 5) is 12.2. The summed E-state index contributed by atoms with van der Waals surface area (Å²) in [5, 5.41) is 10.1. The average molecular weight is 319 g/mol. The maximum Gasteiger partial charge on any atom is 0.133 e. The molecule has 4 saturated carbocycles. The van der Waals surface area contributed by atoms with Crippen molar-refractivity contribution in [2.75, 3.05) is 0 Å². The van der Waals surface area contributed by atoms with Crippen molar-refractivity contribution in [3.05, 3.63) is 0 Å². The molecule has 2 nitrogen and oxygen atoms in total. The summed E-state index contributed by atoms with van der Waals surface area (Å²) < 4.78 is 0. The van der Waals surface area contributed by atoms with Crippen LogP contribution >= 0.6 is 0 Å². The van der Waals surface area contributed by atoms with Crippen LogP contribution in [0, 0.1) is 40.4 Å². The second-order valence-corrected chi connectivity index (χ2v) is 9.87. The summed E-state index contributed by atoms with van der Waals surface area (Å²) in [6, 6.07) is 0. The minimum atomic E-state index is -0.0490. The van der Waals surface area contributed by atoms with Gasteiger partial charge in [-0.05, 0) is 99.2 Å². The molecule has 2 heteroatoms. The molecule has 0 aromatic carbocycles. The van der Waals surface area contributed by atoms with Crippen LogP contribution in [0.15, 0.2) is 0 Å². The van der Waals surface area contributed by atoms with Crippen LogP contribution in [-0.4, -0.2) is 17.0 Å². The Kier molecular flexibility index (Phi) is 3.72. The zero-order valence-corrected chi connectivity index (χ0v) is 15.2. The molecule has 130 valence electrons. The minimum Gasteiger partial charge on any atom is -0.393 e. The lowest BCUT2D eigenvalue weighted by atomic mass is 9.44. The highest BCUT2D eigenvalue weighted by atomic mass is 16.3. The molecule has 4 fully saturated rings. The molecule has 4 rings (SSSR count). The molecule has 1 N–H and O–H groups in total. The molecule has 8 atom stereocenters. The summed E-state index contributed by atoms with van der Waals surface area (Å²) >= 11 is 0. The first-order valence-corrected chi connectivity index (χ1v) is 10.0. The number of fused-ring (bicyclic) bond motifs is 5. The maximum atomic E-state index is 12.2. The number of carbonyl (C=O) groups is 1. The van der Waals surface area contributed by atoms with Crippen molar-refractivity contribution in [1.82, 2.24) is 0 Å². The van der Waals surface area contributed by atoms with Crippen LogP contribution < -0.4 is 0 Å². The Labute approximate surface area is 141 Å². The van der Waals surface area contributed by atoms with Crippen LogP contribution in [0.3, 0.4) is 0 Å². The van der Waals surface area contributed by atoms with E-state index in [1.807, 2.05) is 6.92 Å². The van der Waals surface area contributed by atoms with Crippen molar-refractivity contribution < 1.29 is 9.90 Å². The average Bonchev–Trinajstić information content (AvgIpc) is 2.85. The predicted molar refractivity (Wildman–Crippen MR) is 91.9 cm³/mol. The van der Waals surface area contributed by atoms with Crippen molar-refractivity contribution in [3.8, 4) is 0 Å². The van der Waals surface area contributed by atoms with Gasteiger partial charge in [-0.1, -0.05) is 13.8 Å². The van der Waals surface area contributed by atoms with E-state index in [0.717, 1.165) is 42.9 Å². The Balaban J connectivity index is 1.61. The van der Waals surface area contributed by atoms with E-state index < -0.39 is 0 Å². The van der Waals surface area contributed by atoms with Gasteiger partial charge in [0, 0.05) is 5.92 Å². The van der Waals surface area contributed by atoms with E-state index >= 15 is 0 Å². The Bertz CT molecular complexity index is 500. The van der Waals surface area contributed by atoms with Gasteiger partial charge in [0.2, 0.25) is 0 Å². The van der Waals surface area contributed by atoms with Gasteiger partial charge in [-0.15, -0.1) is 0 Å². The molecular formula is C21H34O2. The second kappa shape index (κ2) is 5.31. The molecule has 0 spiro atoms. The largest absolute Gasteiger partial charge is 0.393 e. The predicted octanol–water partition coefficient (Wildman–Crippen LogP) is 4.60. The number of carbonyl (C=O) groups excluding carboxylic acids is 1. The van der Waals surface area contributed by atoms with E-state index in [2.05, 4.69) is 13.8 Å². The van der Waals surface area contributed by atoms with Gasteiger partial charge >= 0.3 is 0 Å². The topological polar surface area (TPSA) is 37.3 Å². The fraction of sp³-hybridized carbons (Fsp3) is 0.952. The van der Waals surface area contributed by atoms with Crippen LogP contribution in [0.5, 0.6) is 0 Å². The van der Waals surface area contributed by atoms with Gasteiger partial charge < -0.3 is 5.11 Å². The number of aliphatic hydroxyl groups excluding tert-OH is 1. The van der Waals surface area contributed by atoms with Crippen LogP contribution in [0.1, 0.15) is 78.6 Å². The molecule has 0 unspecified atom stereocenters. The zero-order valence-electron chi connectivity index (χ0n) is 15.2.